The molecule has 7 heteroatoms. The molecule has 1 aliphatic heterocycles. The second-order valence-corrected chi connectivity index (χ2v) is 7.94. The van der Waals surface area contributed by atoms with Gasteiger partial charge in [0.2, 0.25) is 5.91 Å². The SMILES string of the molecule is CCOc1ccc([C@@H]2CC(=O)Nc3c2sc(C(=O)O)c3-c2ccc(OC)cc2)cc1. The zero-order chi connectivity index (χ0) is 21.3. The van der Waals surface area contributed by atoms with Crippen molar-refractivity contribution in [2.45, 2.75) is 19.3 Å². The van der Waals surface area contributed by atoms with Gasteiger partial charge in [-0.05, 0) is 42.3 Å². The highest BCUT2D eigenvalue weighted by Crippen LogP contribution is 2.49. The smallest absolute Gasteiger partial charge is 0.346 e. The van der Waals surface area contributed by atoms with Gasteiger partial charge in [-0.2, -0.15) is 0 Å². The third-order valence-electron chi connectivity index (χ3n) is 5.07. The third kappa shape index (κ3) is 3.64. The van der Waals surface area contributed by atoms with Crippen molar-refractivity contribution in [2.24, 2.45) is 0 Å². The van der Waals surface area contributed by atoms with Gasteiger partial charge in [0.1, 0.15) is 16.4 Å². The number of ether oxygens (including phenoxy) is 2. The van der Waals surface area contributed by atoms with E-state index in [1.54, 1.807) is 31.4 Å². The van der Waals surface area contributed by atoms with Gasteiger partial charge in [-0.3, -0.25) is 4.79 Å². The molecule has 1 amide bonds. The minimum atomic E-state index is -1.01. The molecule has 2 N–H and O–H groups in total. The molecule has 0 aliphatic carbocycles. The van der Waals surface area contributed by atoms with Crippen LogP contribution in [-0.2, 0) is 4.79 Å². The van der Waals surface area contributed by atoms with Crippen molar-refractivity contribution in [3.05, 3.63) is 63.8 Å². The summed E-state index contributed by atoms with van der Waals surface area (Å²) in [7, 11) is 1.58. The highest BCUT2D eigenvalue weighted by atomic mass is 32.1. The maximum Gasteiger partial charge on any atom is 0.346 e. The number of methoxy groups -OCH3 is 1. The Hall–Kier alpha value is -3.32. The van der Waals surface area contributed by atoms with Gasteiger partial charge in [-0.25, -0.2) is 4.79 Å². The van der Waals surface area contributed by atoms with Crippen LogP contribution in [0.2, 0.25) is 0 Å². The zero-order valence-corrected chi connectivity index (χ0v) is 17.4. The molecule has 0 unspecified atom stereocenters. The highest BCUT2D eigenvalue weighted by molar-refractivity contribution is 7.15. The molecule has 2 heterocycles. The van der Waals surface area contributed by atoms with Crippen LogP contribution in [0.5, 0.6) is 11.5 Å². The summed E-state index contributed by atoms with van der Waals surface area (Å²) in [5.74, 6) is 0.0828. The van der Waals surface area contributed by atoms with E-state index in [1.807, 2.05) is 31.2 Å². The monoisotopic (exact) mass is 423 g/mol. The molecule has 4 rings (SSSR count). The van der Waals surface area contributed by atoms with Crippen LogP contribution in [0.3, 0.4) is 0 Å². The second kappa shape index (κ2) is 8.20. The number of fused-ring (bicyclic) bond motifs is 1. The van der Waals surface area contributed by atoms with E-state index in [1.165, 1.54) is 11.3 Å². The lowest BCUT2D eigenvalue weighted by atomic mass is 9.88. The fourth-order valence-electron chi connectivity index (χ4n) is 3.70. The molecule has 0 fully saturated rings. The molecule has 0 bridgehead atoms. The van der Waals surface area contributed by atoms with E-state index in [-0.39, 0.29) is 23.1 Å². The fourth-order valence-corrected chi connectivity index (χ4v) is 4.95. The van der Waals surface area contributed by atoms with Gasteiger partial charge in [-0.1, -0.05) is 24.3 Å². The van der Waals surface area contributed by atoms with Crippen LogP contribution in [0, 0.1) is 0 Å². The minimum absolute atomic E-state index is 0.133. The molecule has 1 aromatic heterocycles. The lowest BCUT2D eigenvalue weighted by Crippen LogP contribution is -2.22. The quantitative estimate of drug-likeness (QED) is 0.583. The molecular weight excluding hydrogens is 402 g/mol. The molecule has 154 valence electrons. The standard InChI is InChI=1S/C23H21NO5S/c1-3-29-16-10-4-13(5-11-16)17-12-18(25)24-20-19(22(23(26)27)30-21(17)20)14-6-8-15(28-2)9-7-14/h4-11,17H,3,12H2,1-2H3,(H,24,25)(H,26,27)/t17-/m0/s1. The maximum atomic E-state index is 12.5. The first kappa shape index (κ1) is 20.0. The molecule has 1 aliphatic rings. The number of aromatic carboxylic acids is 1. The fraction of sp³-hybridized carbons (Fsp3) is 0.217. The number of thiophene rings is 1. The van der Waals surface area contributed by atoms with E-state index in [0.717, 1.165) is 21.8 Å². The number of rotatable bonds is 6. The summed E-state index contributed by atoms with van der Waals surface area (Å²) in [6.45, 7) is 2.50. The van der Waals surface area contributed by atoms with Crippen LogP contribution in [0.1, 0.15) is 39.4 Å². The summed E-state index contributed by atoms with van der Waals surface area (Å²) in [5.41, 5.74) is 2.79. The average molecular weight is 423 g/mol. The van der Waals surface area contributed by atoms with Gasteiger partial charge in [-0.15, -0.1) is 11.3 Å². The van der Waals surface area contributed by atoms with Gasteiger partial charge >= 0.3 is 5.97 Å². The Morgan fingerprint density at radius 2 is 1.80 bits per heavy atom. The number of carboxylic acids is 1. The Labute approximate surface area is 178 Å². The number of nitrogens with one attached hydrogen (secondary N) is 1. The van der Waals surface area contributed by atoms with Crippen LogP contribution in [0.15, 0.2) is 48.5 Å². The normalized spacial score (nSPS) is 15.3. The minimum Gasteiger partial charge on any atom is -0.497 e. The Bertz CT molecular complexity index is 1090. The topological polar surface area (TPSA) is 84.9 Å². The van der Waals surface area contributed by atoms with Crippen molar-refractivity contribution in [1.29, 1.82) is 0 Å². The van der Waals surface area contributed by atoms with Crippen LogP contribution < -0.4 is 14.8 Å². The molecule has 2 aromatic carbocycles. The lowest BCUT2D eigenvalue weighted by Gasteiger charge is -2.24. The second-order valence-electron chi connectivity index (χ2n) is 6.89. The van der Waals surface area contributed by atoms with Crippen molar-refractivity contribution in [3.8, 4) is 22.6 Å². The van der Waals surface area contributed by atoms with Crippen molar-refractivity contribution in [3.63, 3.8) is 0 Å². The lowest BCUT2D eigenvalue weighted by molar-refractivity contribution is -0.116. The molecule has 3 aromatic rings. The Kier molecular flexibility index (Phi) is 5.46. The largest absolute Gasteiger partial charge is 0.497 e. The maximum absolute atomic E-state index is 12.5. The number of hydrogen-bond donors (Lipinski definition) is 2. The van der Waals surface area contributed by atoms with E-state index < -0.39 is 5.97 Å². The molecule has 0 spiro atoms. The Morgan fingerprint density at radius 1 is 1.13 bits per heavy atom. The molecule has 0 radical (unpaired) electrons. The van der Waals surface area contributed by atoms with Gasteiger partial charge in [0.05, 0.1) is 19.4 Å². The van der Waals surface area contributed by atoms with E-state index in [2.05, 4.69) is 5.32 Å². The summed E-state index contributed by atoms with van der Waals surface area (Å²) < 4.78 is 10.7. The van der Waals surface area contributed by atoms with E-state index in [9.17, 15) is 14.7 Å². The van der Waals surface area contributed by atoms with Gasteiger partial charge in [0.25, 0.3) is 0 Å². The Balaban J connectivity index is 1.83. The summed E-state index contributed by atoms with van der Waals surface area (Å²) in [6.07, 6.45) is 0.266. The van der Waals surface area contributed by atoms with Gasteiger partial charge < -0.3 is 19.9 Å². The molecule has 1 atom stereocenters. The number of amides is 1. The summed E-state index contributed by atoms with van der Waals surface area (Å²) in [6, 6.07) is 14.8. The third-order valence-corrected chi connectivity index (χ3v) is 6.36. The average Bonchev–Trinajstić information content (AvgIpc) is 3.13. The van der Waals surface area contributed by atoms with Crippen molar-refractivity contribution in [2.75, 3.05) is 19.0 Å². The first-order chi connectivity index (χ1) is 14.5. The summed E-state index contributed by atoms with van der Waals surface area (Å²) >= 11 is 1.22. The number of carbonyl (C=O) groups excluding carboxylic acids is 1. The van der Waals surface area contributed by atoms with Crippen LogP contribution >= 0.6 is 11.3 Å². The van der Waals surface area contributed by atoms with Crippen LogP contribution in [0.25, 0.3) is 11.1 Å². The van der Waals surface area contributed by atoms with Crippen LogP contribution in [-0.4, -0.2) is 30.7 Å². The number of hydrogen-bond acceptors (Lipinski definition) is 5. The van der Waals surface area contributed by atoms with Crippen molar-refractivity contribution in [1.82, 2.24) is 0 Å². The van der Waals surface area contributed by atoms with E-state index >= 15 is 0 Å². The highest BCUT2D eigenvalue weighted by Gasteiger charge is 2.34. The summed E-state index contributed by atoms with van der Waals surface area (Å²) in [4.78, 5) is 25.6. The number of carbonyl (C=O) groups is 2. The van der Waals surface area contributed by atoms with Gasteiger partial charge in [0, 0.05) is 22.8 Å². The predicted molar refractivity (Wildman–Crippen MR) is 116 cm³/mol. The molecule has 30 heavy (non-hydrogen) atoms. The number of benzene rings is 2. The van der Waals surface area contributed by atoms with Crippen molar-refractivity contribution < 1.29 is 24.2 Å². The summed E-state index contributed by atoms with van der Waals surface area (Å²) in [5, 5.41) is 12.8. The number of carboxylic acid groups (broad SMARTS) is 1. The van der Waals surface area contributed by atoms with Crippen molar-refractivity contribution >= 4 is 28.9 Å². The van der Waals surface area contributed by atoms with E-state index in [4.69, 9.17) is 9.47 Å². The molecule has 6 nitrogen and oxygen atoms in total. The zero-order valence-electron chi connectivity index (χ0n) is 16.6. The van der Waals surface area contributed by atoms with E-state index in [0.29, 0.717) is 23.6 Å². The molecular formula is C23H21NO5S. The Morgan fingerprint density at radius 3 is 2.40 bits per heavy atom. The number of anilines is 1. The molecule has 0 saturated heterocycles. The molecule has 0 saturated carbocycles. The van der Waals surface area contributed by atoms with Gasteiger partial charge in [0.15, 0.2) is 0 Å². The first-order valence-corrected chi connectivity index (χ1v) is 10.4. The van der Waals surface area contributed by atoms with Crippen LogP contribution in [0.4, 0.5) is 5.69 Å². The first-order valence-electron chi connectivity index (χ1n) is 9.58. The predicted octanol–water partition coefficient (Wildman–Crippen LogP) is 4.99.